The molecule has 64 valence electrons. The second-order valence-corrected chi connectivity index (χ2v) is 2.43. The second kappa shape index (κ2) is 5.38. The van der Waals surface area contributed by atoms with Gasteiger partial charge in [-0.3, -0.25) is 0 Å². The van der Waals surface area contributed by atoms with Crippen LogP contribution in [-0.2, 0) is 11.3 Å². The van der Waals surface area contributed by atoms with Crippen molar-refractivity contribution in [3.8, 4) is 0 Å². The van der Waals surface area contributed by atoms with E-state index >= 15 is 0 Å². The van der Waals surface area contributed by atoms with Crippen molar-refractivity contribution in [3.05, 3.63) is 48.2 Å². The topological polar surface area (TPSA) is 35.2 Å². The van der Waals surface area contributed by atoms with Gasteiger partial charge in [0.05, 0.1) is 13.2 Å². The van der Waals surface area contributed by atoms with Crippen molar-refractivity contribution in [2.24, 2.45) is 5.73 Å². The van der Waals surface area contributed by atoms with Gasteiger partial charge in [0.15, 0.2) is 0 Å². The maximum absolute atomic E-state index is 5.29. The van der Waals surface area contributed by atoms with Gasteiger partial charge in [-0.2, -0.15) is 0 Å². The van der Waals surface area contributed by atoms with Crippen molar-refractivity contribution in [1.29, 1.82) is 0 Å². The third-order valence-corrected chi connectivity index (χ3v) is 1.46. The minimum absolute atomic E-state index is 0.575. The number of nitrogens with two attached hydrogens (primary N) is 1. The molecule has 2 heteroatoms. The normalized spacial score (nSPS) is 10.7. The van der Waals surface area contributed by atoms with Crippen LogP contribution < -0.4 is 5.73 Å². The molecule has 0 amide bonds. The van der Waals surface area contributed by atoms with E-state index in [4.69, 9.17) is 10.5 Å². The van der Waals surface area contributed by atoms with Gasteiger partial charge in [-0.15, -0.1) is 0 Å². The summed E-state index contributed by atoms with van der Waals surface area (Å²) in [6.45, 7) is 1.22. The smallest absolute Gasteiger partial charge is 0.0721 e. The molecule has 0 aromatic heterocycles. The van der Waals surface area contributed by atoms with E-state index in [0.29, 0.717) is 13.2 Å². The lowest BCUT2D eigenvalue weighted by atomic mass is 10.2. The number of rotatable bonds is 4. The van der Waals surface area contributed by atoms with Crippen molar-refractivity contribution < 1.29 is 4.74 Å². The molecular weight excluding hydrogens is 150 g/mol. The molecule has 1 aromatic rings. The van der Waals surface area contributed by atoms with Crippen molar-refractivity contribution >= 4 is 0 Å². The molecule has 1 rings (SSSR count). The maximum Gasteiger partial charge on any atom is 0.0721 e. The summed E-state index contributed by atoms with van der Waals surface area (Å²) >= 11 is 0. The zero-order chi connectivity index (χ0) is 8.65. The fourth-order valence-electron chi connectivity index (χ4n) is 0.875. The third kappa shape index (κ3) is 3.21. The van der Waals surface area contributed by atoms with Gasteiger partial charge in [0.2, 0.25) is 0 Å². The molecule has 0 radical (unpaired) electrons. The molecule has 0 aliphatic heterocycles. The Hall–Kier alpha value is -1.28. The molecule has 0 atom stereocenters. The number of benzene rings is 1. The maximum atomic E-state index is 5.29. The van der Waals surface area contributed by atoms with E-state index in [1.165, 1.54) is 11.8 Å². The van der Waals surface area contributed by atoms with Crippen LogP contribution in [0.15, 0.2) is 42.6 Å². The standard InChI is InChI=1S/C10H13NO/c11-7-4-8-12-9-10-5-2-1-3-6-10/h1-7H,8-9,11H2. The van der Waals surface area contributed by atoms with Gasteiger partial charge in [0.1, 0.15) is 0 Å². The minimum Gasteiger partial charge on any atom is -0.405 e. The zero-order valence-electron chi connectivity index (χ0n) is 6.94. The van der Waals surface area contributed by atoms with Crippen molar-refractivity contribution in [3.63, 3.8) is 0 Å². The Morgan fingerprint density at radius 1 is 1.25 bits per heavy atom. The Labute approximate surface area is 72.7 Å². The first kappa shape index (κ1) is 8.81. The molecule has 0 aliphatic rings. The van der Waals surface area contributed by atoms with Crippen molar-refractivity contribution in [2.45, 2.75) is 6.61 Å². The first-order valence-corrected chi connectivity index (χ1v) is 3.92. The van der Waals surface area contributed by atoms with Crippen molar-refractivity contribution in [2.75, 3.05) is 6.61 Å². The Kier molecular flexibility index (Phi) is 3.95. The van der Waals surface area contributed by atoms with E-state index in [0.717, 1.165) is 0 Å². The Morgan fingerprint density at radius 3 is 2.67 bits per heavy atom. The first-order chi connectivity index (χ1) is 5.93. The molecule has 1 aromatic carbocycles. The molecular formula is C10H13NO. The predicted molar refractivity (Wildman–Crippen MR) is 49.4 cm³/mol. The molecule has 0 fully saturated rings. The molecule has 12 heavy (non-hydrogen) atoms. The average Bonchev–Trinajstić information content (AvgIpc) is 2.14. The zero-order valence-corrected chi connectivity index (χ0v) is 6.94. The Balaban J connectivity index is 2.24. The van der Waals surface area contributed by atoms with E-state index in [-0.39, 0.29) is 0 Å². The second-order valence-electron chi connectivity index (χ2n) is 2.43. The van der Waals surface area contributed by atoms with E-state index in [9.17, 15) is 0 Å². The SMILES string of the molecule is NC=CCOCc1ccccc1. The molecule has 0 unspecified atom stereocenters. The summed E-state index contributed by atoms with van der Waals surface area (Å²) in [5.74, 6) is 0. The molecule has 0 saturated heterocycles. The summed E-state index contributed by atoms with van der Waals surface area (Å²) in [6.07, 6.45) is 3.27. The van der Waals surface area contributed by atoms with Crippen LogP contribution in [0.25, 0.3) is 0 Å². The molecule has 0 bridgehead atoms. The summed E-state index contributed by atoms with van der Waals surface area (Å²) in [7, 11) is 0. The molecule has 2 nitrogen and oxygen atoms in total. The fraction of sp³-hybridized carbons (Fsp3) is 0.200. The lowest BCUT2D eigenvalue weighted by Gasteiger charge is -1.99. The van der Waals surface area contributed by atoms with Crippen LogP contribution in [-0.4, -0.2) is 6.61 Å². The van der Waals surface area contributed by atoms with Gasteiger partial charge >= 0.3 is 0 Å². The van der Waals surface area contributed by atoms with Gasteiger partial charge in [0.25, 0.3) is 0 Å². The molecule has 0 saturated carbocycles. The van der Waals surface area contributed by atoms with Gasteiger partial charge in [0, 0.05) is 0 Å². The summed E-state index contributed by atoms with van der Waals surface area (Å²) in [6, 6.07) is 10.1. The van der Waals surface area contributed by atoms with Crippen LogP contribution in [0.1, 0.15) is 5.56 Å². The molecule has 0 heterocycles. The number of hydrogen-bond donors (Lipinski definition) is 1. The van der Waals surface area contributed by atoms with Gasteiger partial charge in [-0.1, -0.05) is 30.3 Å². The highest BCUT2D eigenvalue weighted by molar-refractivity contribution is 5.13. The molecule has 0 aliphatic carbocycles. The number of ether oxygens (including phenoxy) is 1. The minimum atomic E-state index is 0.575. The lowest BCUT2D eigenvalue weighted by Crippen LogP contribution is -1.92. The summed E-state index contributed by atoms with van der Waals surface area (Å²) in [4.78, 5) is 0. The largest absolute Gasteiger partial charge is 0.405 e. The fourth-order valence-corrected chi connectivity index (χ4v) is 0.875. The highest BCUT2D eigenvalue weighted by atomic mass is 16.5. The van der Waals surface area contributed by atoms with Crippen LogP contribution >= 0.6 is 0 Å². The third-order valence-electron chi connectivity index (χ3n) is 1.46. The summed E-state index contributed by atoms with van der Waals surface area (Å²) in [5, 5.41) is 0. The van der Waals surface area contributed by atoms with E-state index < -0.39 is 0 Å². The van der Waals surface area contributed by atoms with Crippen LogP contribution in [0, 0.1) is 0 Å². The summed E-state index contributed by atoms with van der Waals surface area (Å²) in [5.41, 5.74) is 6.33. The van der Waals surface area contributed by atoms with E-state index in [1.54, 1.807) is 6.08 Å². The lowest BCUT2D eigenvalue weighted by molar-refractivity contribution is 0.148. The molecule has 0 spiro atoms. The molecule has 2 N–H and O–H groups in total. The van der Waals surface area contributed by atoms with Gasteiger partial charge in [-0.05, 0) is 17.8 Å². The van der Waals surface area contributed by atoms with Crippen LogP contribution in [0.4, 0.5) is 0 Å². The summed E-state index contributed by atoms with van der Waals surface area (Å²) < 4.78 is 5.29. The highest BCUT2D eigenvalue weighted by Gasteiger charge is 1.88. The van der Waals surface area contributed by atoms with Crippen molar-refractivity contribution in [1.82, 2.24) is 0 Å². The predicted octanol–water partition coefficient (Wildman–Crippen LogP) is 1.68. The van der Waals surface area contributed by atoms with Gasteiger partial charge in [-0.25, -0.2) is 0 Å². The van der Waals surface area contributed by atoms with Crippen LogP contribution in [0.2, 0.25) is 0 Å². The quantitative estimate of drug-likeness (QED) is 0.685. The Bertz CT molecular complexity index is 231. The van der Waals surface area contributed by atoms with E-state index in [1.807, 2.05) is 30.3 Å². The van der Waals surface area contributed by atoms with Crippen LogP contribution in [0.5, 0.6) is 0 Å². The van der Waals surface area contributed by atoms with Gasteiger partial charge < -0.3 is 10.5 Å². The first-order valence-electron chi connectivity index (χ1n) is 3.92. The monoisotopic (exact) mass is 163 g/mol. The number of hydrogen-bond acceptors (Lipinski definition) is 2. The highest BCUT2D eigenvalue weighted by Crippen LogP contribution is 1.99. The average molecular weight is 163 g/mol. The van der Waals surface area contributed by atoms with Crippen LogP contribution in [0.3, 0.4) is 0 Å². The Morgan fingerprint density at radius 2 is 2.00 bits per heavy atom. The van der Waals surface area contributed by atoms with E-state index in [2.05, 4.69) is 0 Å².